The second-order valence-electron chi connectivity index (χ2n) is 5.02. The maximum absolute atomic E-state index is 12.1. The van der Waals surface area contributed by atoms with Crippen LogP contribution in [0.15, 0.2) is 17.2 Å². The summed E-state index contributed by atoms with van der Waals surface area (Å²) in [5.74, 6) is 0.111. The average molecular weight is 301 g/mol. The molecule has 114 valence electrons. The molecule has 0 saturated carbocycles. The molecule has 0 aromatic carbocycles. The van der Waals surface area contributed by atoms with Crippen molar-refractivity contribution in [2.45, 2.75) is 45.1 Å². The van der Waals surface area contributed by atoms with Crippen molar-refractivity contribution in [2.24, 2.45) is 11.1 Å². The Morgan fingerprint density at radius 3 is 2.60 bits per heavy atom. The number of nitrogens with zero attached hydrogens (tertiary/aromatic N) is 1. The van der Waals surface area contributed by atoms with Gasteiger partial charge in [0.2, 0.25) is 10.0 Å². The monoisotopic (exact) mass is 301 g/mol. The number of aryl methyl sites for hydroxylation is 1. The molecule has 7 heteroatoms. The van der Waals surface area contributed by atoms with Crippen molar-refractivity contribution in [3.63, 3.8) is 0 Å². The van der Waals surface area contributed by atoms with Gasteiger partial charge in [-0.2, -0.15) is 0 Å². The fraction of sp³-hybridized carbons (Fsp3) is 0.615. The van der Waals surface area contributed by atoms with Gasteiger partial charge in [0, 0.05) is 19.3 Å². The van der Waals surface area contributed by atoms with Crippen molar-refractivity contribution < 1.29 is 13.2 Å². The maximum Gasteiger partial charge on any atom is 0.267 e. The molecule has 0 aliphatic carbocycles. The van der Waals surface area contributed by atoms with E-state index in [1.807, 2.05) is 13.8 Å². The largest absolute Gasteiger partial charge is 0.350 e. The van der Waals surface area contributed by atoms with Crippen LogP contribution in [0.3, 0.4) is 0 Å². The molecule has 1 aromatic heterocycles. The number of primary sulfonamides is 1. The van der Waals surface area contributed by atoms with E-state index >= 15 is 0 Å². The summed E-state index contributed by atoms with van der Waals surface area (Å²) in [4.78, 5) is 12.1. The Bertz CT molecular complexity index is 563. The molecule has 0 fully saturated rings. The SMILES string of the molecule is CCCn1cc(S(N)(=O)=O)cc1C(=O)NCC(C)CC. The van der Waals surface area contributed by atoms with Gasteiger partial charge < -0.3 is 9.88 Å². The fourth-order valence-electron chi connectivity index (χ4n) is 1.76. The van der Waals surface area contributed by atoms with Gasteiger partial charge in [-0.15, -0.1) is 0 Å². The van der Waals surface area contributed by atoms with Crippen LogP contribution < -0.4 is 10.5 Å². The molecular weight excluding hydrogens is 278 g/mol. The molecule has 0 bridgehead atoms. The van der Waals surface area contributed by atoms with Crippen LogP contribution in [-0.4, -0.2) is 25.4 Å². The maximum atomic E-state index is 12.1. The van der Waals surface area contributed by atoms with Gasteiger partial charge in [-0.3, -0.25) is 4.79 Å². The Hall–Kier alpha value is -1.34. The minimum Gasteiger partial charge on any atom is -0.350 e. The zero-order valence-corrected chi connectivity index (χ0v) is 13.0. The molecule has 0 saturated heterocycles. The molecule has 1 amide bonds. The van der Waals surface area contributed by atoms with Gasteiger partial charge in [0.1, 0.15) is 10.6 Å². The lowest BCUT2D eigenvalue weighted by Gasteiger charge is -2.11. The quantitative estimate of drug-likeness (QED) is 0.795. The summed E-state index contributed by atoms with van der Waals surface area (Å²) in [7, 11) is -3.79. The van der Waals surface area contributed by atoms with E-state index in [0.29, 0.717) is 24.7 Å². The summed E-state index contributed by atoms with van der Waals surface area (Å²) in [5.41, 5.74) is 0.333. The molecule has 1 atom stereocenters. The Labute approximate surface area is 120 Å². The lowest BCUT2D eigenvalue weighted by atomic mass is 10.1. The molecule has 1 aromatic rings. The molecule has 0 radical (unpaired) electrons. The minimum absolute atomic E-state index is 0.0281. The third-order valence-electron chi connectivity index (χ3n) is 3.21. The van der Waals surface area contributed by atoms with Crippen LogP contribution in [-0.2, 0) is 16.6 Å². The van der Waals surface area contributed by atoms with Crippen molar-refractivity contribution >= 4 is 15.9 Å². The van der Waals surface area contributed by atoms with E-state index in [1.54, 1.807) is 4.57 Å². The third-order valence-corrected chi connectivity index (χ3v) is 4.09. The van der Waals surface area contributed by atoms with E-state index in [0.717, 1.165) is 12.8 Å². The number of hydrogen-bond acceptors (Lipinski definition) is 3. The van der Waals surface area contributed by atoms with Crippen LogP contribution in [0.2, 0.25) is 0 Å². The first-order valence-corrected chi connectivity index (χ1v) is 8.35. The number of carbonyl (C=O) groups excluding carboxylic acids is 1. The predicted molar refractivity (Wildman–Crippen MR) is 77.9 cm³/mol. The van der Waals surface area contributed by atoms with E-state index in [2.05, 4.69) is 12.2 Å². The lowest BCUT2D eigenvalue weighted by molar-refractivity contribution is 0.0938. The molecule has 0 aliphatic rings. The lowest BCUT2D eigenvalue weighted by Crippen LogP contribution is -2.29. The van der Waals surface area contributed by atoms with Crippen LogP contribution in [0.5, 0.6) is 0 Å². The topological polar surface area (TPSA) is 94.2 Å². The molecule has 0 aliphatic heterocycles. The first kappa shape index (κ1) is 16.7. The van der Waals surface area contributed by atoms with Crippen molar-refractivity contribution in [3.05, 3.63) is 18.0 Å². The molecular formula is C13H23N3O3S. The summed E-state index contributed by atoms with van der Waals surface area (Å²) >= 11 is 0. The highest BCUT2D eigenvalue weighted by Crippen LogP contribution is 2.14. The van der Waals surface area contributed by atoms with Crippen LogP contribution in [0.4, 0.5) is 0 Å². The van der Waals surface area contributed by atoms with E-state index in [-0.39, 0.29) is 10.8 Å². The van der Waals surface area contributed by atoms with Crippen molar-refractivity contribution in [3.8, 4) is 0 Å². The Morgan fingerprint density at radius 2 is 2.10 bits per heavy atom. The highest BCUT2D eigenvalue weighted by atomic mass is 32.2. The molecule has 0 spiro atoms. The number of nitrogens with one attached hydrogen (secondary N) is 1. The first-order valence-electron chi connectivity index (χ1n) is 6.80. The van der Waals surface area contributed by atoms with E-state index in [4.69, 9.17) is 5.14 Å². The number of carbonyl (C=O) groups is 1. The highest BCUT2D eigenvalue weighted by Gasteiger charge is 2.18. The third kappa shape index (κ3) is 4.35. The number of sulfonamides is 1. The molecule has 20 heavy (non-hydrogen) atoms. The Kier molecular flexibility index (Phi) is 5.76. The summed E-state index contributed by atoms with van der Waals surface area (Å²) in [6.45, 7) is 7.19. The van der Waals surface area contributed by atoms with Crippen molar-refractivity contribution in [1.82, 2.24) is 9.88 Å². The molecule has 3 N–H and O–H groups in total. The number of hydrogen-bond donors (Lipinski definition) is 2. The fourth-order valence-corrected chi connectivity index (χ4v) is 2.31. The summed E-state index contributed by atoms with van der Waals surface area (Å²) in [6.07, 6.45) is 3.18. The van der Waals surface area contributed by atoms with Crippen LogP contribution >= 0.6 is 0 Å². The van der Waals surface area contributed by atoms with Gasteiger partial charge in [-0.05, 0) is 18.4 Å². The number of aromatic nitrogens is 1. The molecule has 1 rings (SSSR count). The predicted octanol–water partition coefficient (Wildman–Crippen LogP) is 1.32. The van der Waals surface area contributed by atoms with Gasteiger partial charge >= 0.3 is 0 Å². The van der Waals surface area contributed by atoms with Gasteiger partial charge in [0.15, 0.2) is 0 Å². The second kappa shape index (κ2) is 6.90. The van der Waals surface area contributed by atoms with Crippen LogP contribution in [0, 0.1) is 5.92 Å². The van der Waals surface area contributed by atoms with E-state index < -0.39 is 10.0 Å². The minimum atomic E-state index is -3.79. The van der Waals surface area contributed by atoms with Gasteiger partial charge in [0.05, 0.1) is 0 Å². The number of rotatable bonds is 7. The van der Waals surface area contributed by atoms with Crippen LogP contribution in [0.25, 0.3) is 0 Å². The smallest absolute Gasteiger partial charge is 0.267 e. The second-order valence-corrected chi connectivity index (χ2v) is 6.58. The Balaban J connectivity index is 2.97. The summed E-state index contributed by atoms with van der Waals surface area (Å²) in [6, 6.07) is 1.33. The van der Waals surface area contributed by atoms with Gasteiger partial charge in [-0.25, -0.2) is 13.6 Å². The summed E-state index contributed by atoms with van der Waals surface area (Å²) in [5, 5.41) is 7.92. The van der Waals surface area contributed by atoms with Crippen LogP contribution in [0.1, 0.15) is 44.1 Å². The average Bonchev–Trinajstić information content (AvgIpc) is 2.80. The standard InChI is InChI=1S/C13H23N3O3S/c1-4-6-16-9-11(20(14,18)19)7-12(16)13(17)15-8-10(3)5-2/h7,9-10H,4-6,8H2,1-3H3,(H,15,17)(H2,14,18,19). The van der Waals surface area contributed by atoms with E-state index in [9.17, 15) is 13.2 Å². The summed E-state index contributed by atoms with van der Waals surface area (Å²) < 4.78 is 24.4. The van der Waals surface area contributed by atoms with Gasteiger partial charge in [0.25, 0.3) is 5.91 Å². The van der Waals surface area contributed by atoms with Gasteiger partial charge in [-0.1, -0.05) is 27.2 Å². The molecule has 6 nitrogen and oxygen atoms in total. The first-order chi connectivity index (χ1) is 9.29. The number of amides is 1. The molecule has 1 unspecified atom stereocenters. The zero-order valence-electron chi connectivity index (χ0n) is 12.2. The van der Waals surface area contributed by atoms with E-state index in [1.165, 1.54) is 12.3 Å². The highest BCUT2D eigenvalue weighted by molar-refractivity contribution is 7.89. The normalized spacial score (nSPS) is 13.2. The number of nitrogens with two attached hydrogens (primary N) is 1. The zero-order chi connectivity index (χ0) is 15.3. The van der Waals surface area contributed by atoms with Crippen molar-refractivity contribution in [1.29, 1.82) is 0 Å². The van der Waals surface area contributed by atoms with Crippen molar-refractivity contribution in [2.75, 3.05) is 6.54 Å². The molecule has 1 heterocycles. The Morgan fingerprint density at radius 1 is 1.45 bits per heavy atom.